The van der Waals surface area contributed by atoms with Gasteiger partial charge in [-0.2, -0.15) is 0 Å². The summed E-state index contributed by atoms with van der Waals surface area (Å²) in [5.41, 5.74) is 0.310. The zero-order valence-corrected chi connectivity index (χ0v) is 14.5. The summed E-state index contributed by atoms with van der Waals surface area (Å²) >= 11 is 0. The highest BCUT2D eigenvalue weighted by Gasteiger charge is 2.15. The van der Waals surface area contributed by atoms with Crippen LogP contribution >= 0.6 is 0 Å². The van der Waals surface area contributed by atoms with E-state index in [2.05, 4.69) is 15.3 Å². The Bertz CT molecular complexity index is 1040. The highest BCUT2D eigenvalue weighted by Crippen LogP contribution is 2.30. The van der Waals surface area contributed by atoms with Gasteiger partial charge in [-0.25, -0.2) is 27.5 Å². The van der Waals surface area contributed by atoms with Gasteiger partial charge < -0.3 is 10.1 Å². The van der Waals surface area contributed by atoms with Crippen molar-refractivity contribution in [1.29, 1.82) is 0 Å². The number of nitrogens with zero attached hydrogens (tertiary/aromatic N) is 2. The van der Waals surface area contributed by atoms with Crippen molar-refractivity contribution in [1.82, 2.24) is 9.97 Å². The quantitative estimate of drug-likeness (QED) is 0.530. The van der Waals surface area contributed by atoms with E-state index in [0.29, 0.717) is 23.4 Å². The van der Waals surface area contributed by atoms with Crippen LogP contribution in [0.3, 0.4) is 0 Å². The normalized spacial score (nSPS) is 10.6. The Morgan fingerprint density at radius 3 is 2.50 bits per heavy atom. The first-order valence-corrected chi connectivity index (χ1v) is 7.96. The molecule has 0 bridgehead atoms. The van der Waals surface area contributed by atoms with E-state index in [9.17, 15) is 22.4 Å². The number of carbonyl (C=O) groups excluding carboxylic acids is 1. The minimum absolute atomic E-state index is 0.0595. The van der Waals surface area contributed by atoms with Gasteiger partial charge in [0.05, 0.1) is 19.2 Å². The minimum atomic E-state index is -1.34. The maximum Gasteiger partial charge on any atom is 0.230 e. The van der Waals surface area contributed by atoms with Crippen molar-refractivity contribution in [2.45, 2.75) is 6.42 Å². The predicted octanol–water partition coefficient (Wildman–Crippen LogP) is 3.89. The average molecular weight is 391 g/mol. The zero-order chi connectivity index (χ0) is 20.3. The van der Waals surface area contributed by atoms with E-state index in [-0.39, 0.29) is 17.1 Å². The van der Waals surface area contributed by atoms with Gasteiger partial charge in [-0.05, 0) is 24.3 Å². The minimum Gasteiger partial charge on any atom is -0.496 e. The summed E-state index contributed by atoms with van der Waals surface area (Å²) in [4.78, 5) is 20.0. The first kappa shape index (κ1) is 19.3. The Balaban J connectivity index is 1.81. The van der Waals surface area contributed by atoms with Gasteiger partial charge in [-0.3, -0.25) is 4.79 Å². The molecule has 1 heterocycles. The molecule has 9 heteroatoms. The molecule has 5 nitrogen and oxygen atoms in total. The third-order valence-electron chi connectivity index (χ3n) is 3.81. The number of anilines is 1. The number of benzene rings is 2. The molecule has 0 atom stereocenters. The summed E-state index contributed by atoms with van der Waals surface area (Å²) in [6.45, 7) is 0. The number of amides is 1. The second kappa shape index (κ2) is 8.03. The van der Waals surface area contributed by atoms with Gasteiger partial charge in [0.1, 0.15) is 29.5 Å². The number of aromatic nitrogens is 2. The zero-order valence-electron chi connectivity index (χ0n) is 14.5. The van der Waals surface area contributed by atoms with Crippen LogP contribution in [0.25, 0.3) is 11.3 Å². The van der Waals surface area contributed by atoms with Gasteiger partial charge in [0.2, 0.25) is 5.91 Å². The lowest BCUT2D eigenvalue weighted by Gasteiger charge is -2.10. The maximum atomic E-state index is 13.7. The van der Waals surface area contributed by atoms with Crippen LogP contribution in [0.15, 0.2) is 42.7 Å². The van der Waals surface area contributed by atoms with Crippen molar-refractivity contribution in [2.24, 2.45) is 0 Å². The molecular weight excluding hydrogens is 378 g/mol. The van der Waals surface area contributed by atoms with Gasteiger partial charge >= 0.3 is 0 Å². The molecule has 0 saturated carbocycles. The fraction of sp³-hybridized carbons (Fsp3) is 0.105. The molecule has 0 fully saturated rings. The molecule has 0 spiro atoms. The monoisotopic (exact) mass is 391 g/mol. The van der Waals surface area contributed by atoms with Gasteiger partial charge in [0.15, 0.2) is 11.6 Å². The van der Waals surface area contributed by atoms with Gasteiger partial charge in [0.25, 0.3) is 0 Å². The first-order chi connectivity index (χ1) is 13.4. The molecule has 1 N–H and O–H groups in total. The fourth-order valence-electron chi connectivity index (χ4n) is 2.51. The second-order valence-corrected chi connectivity index (χ2v) is 5.72. The Morgan fingerprint density at radius 2 is 1.75 bits per heavy atom. The number of halogens is 4. The number of carbonyl (C=O) groups is 1. The Labute approximate surface area is 157 Å². The summed E-state index contributed by atoms with van der Waals surface area (Å²) in [5, 5.41) is 2.41. The van der Waals surface area contributed by atoms with Crippen LogP contribution in [0.4, 0.5) is 23.4 Å². The Hall–Kier alpha value is -3.49. The molecule has 0 aliphatic heterocycles. The van der Waals surface area contributed by atoms with Crippen molar-refractivity contribution >= 4 is 11.7 Å². The van der Waals surface area contributed by atoms with E-state index in [0.717, 1.165) is 6.33 Å². The van der Waals surface area contributed by atoms with Gasteiger partial charge in [-0.1, -0.05) is 0 Å². The Morgan fingerprint density at radius 1 is 1.00 bits per heavy atom. The van der Waals surface area contributed by atoms with Crippen molar-refractivity contribution in [3.8, 4) is 17.0 Å². The number of rotatable bonds is 5. The number of nitrogens with one attached hydrogen (secondary N) is 1. The smallest absolute Gasteiger partial charge is 0.230 e. The molecule has 0 radical (unpaired) electrons. The average Bonchev–Trinajstić information content (AvgIpc) is 2.66. The van der Waals surface area contributed by atoms with Crippen LogP contribution in [0.2, 0.25) is 0 Å². The number of methoxy groups -OCH3 is 1. The number of hydrogen-bond acceptors (Lipinski definition) is 4. The van der Waals surface area contributed by atoms with Crippen molar-refractivity contribution in [2.75, 3.05) is 12.4 Å². The number of ether oxygens (including phenoxy) is 1. The fourth-order valence-corrected chi connectivity index (χ4v) is 2.51. The van der Waals surface area contributed by atoms with E-state index in [1.165, 1.54) is 31.4 Å². The summed E-state index contributed by atoms with van der Waals surface area (Å²) in [6, 6.07) is 6.23. The third-order valence-corrected chi connectivity index (χ3v) is 3.81. The van der Waals surface area contributed by atoms with Crippen LogP contribution in [-0.2, 0) is 11.2 Å². The van der Waals surface area contributed by atoms with Crippen LogP contribution in [-0.4, -0.2) is 23.0 Å². The van der Waals surface area contributed by atoms with Crippen LogP contribution in [0, 0.1) is 23.3 Å². The number of hydrogen-bond donors (Lipinski definition) is 1. The lowest BCUT2D eigenvalue weighted by molar-refractivity contribution is -0.115. The lowest BCUT2D eigenvalue weighted by Crippen LogP contribution is -2.16. The molecule has 1 amide bonds. The van der Waals surface area contributed by atoms with E-state index in [4.69, 9.17) is 4.74 Å². The summed E-state index contributed by atoms with van der Waals surface area (Å²) in [5.74, 6) is -4.43. The SMILES string of the molecule is COc1ccc(F)cc1-c1cc(NC(=O)Cc2cc(F)c(F)cc2F)ncn1. The van der Waals surface area contributed by atoms with E-state index in [1.807, 2.05) is 0 Å². The largest absolute Gasteiger partial charge is 0.496 e. The van der Waals surface area contributed by atoms with Crippen molar-refractivity contribution in [3.63, 3.8) is 0 Å². The van der Waals surface area contributed by atoms with Crippen LogP contribution in [0.5, 0.6) is 5.75 Å². The lowest BCUT2D eigenvalue weighted by atomic mass is 10.1. The molecule has 0 saturated heterocycles. The van der Waals surface area contributed by atoms with Crippen LogP contribution < -0.4 is 10.1 Å². The van der Waals surface area contributed by atoms with Crippen molar-refractivity contribution in [3.05, 3.63) is 71.6 Å². The van der Waals surface area contributed by atoms with Crippen LogP contribution in [0.1, 0.15) is 5.56 Å². The molecular formula is C19H13F4N3O2. The first-order valence-electron chi connectivity index (χ1n) is 7.96. The highest BCUT2D eigenvalue weighted by atomic mass is 19.2. The molecule has 0 aliphatic carbocycles. The summed E-state index contributed by atoms with van der Waals surface area (Å²) < 4.78 is 58.6. The van der Waals surface area contributed by atoms with Gasteiger partial charge in [-0.15, -0.1) is 0 Å². The molecule has 1 aromatic heterocycles. The van der Waals surface area contributed by atoms with E-state index in [1.54, 1.807) is 0 Å². The molecule has 144 valence electrons. The Kier molecular flexibility index (Phi) is 5.53. The van der Waals surface area contributed by atoms with Gasteiger partial charge in [0, 0.05) is 23.3 Å². The molecule has 0 unspecified atom stereocenters. The summed E-state index contributed by atoms with van der Waals surface area (Å²) in [7, 11) is 1.41. The summed E-state index contributed by atoms with van der Waals surface area (Å²) in [6.07, 6.45) is 0.610. The second-order valence-electron chi connectivity index (χ2n) is 5.72. The van der Waals surface area contributed by atoms with E-state index >= 15 is 0 Å². The topological polar surface area (TPSA) is 64.1 Å². The maximum absolute atomic E-state index is 13.7. The standard InChI is InChI=1S/C19H13F4N3O2/c1-28-17-3-2-11(20)6-12(17)16-8-18(25-9-24-16)26-19(27)5-10-4-14(22)15(23)7-13(10)21/h2-4,6-9H,5H2,1H3,(H,24,25,26,27). The highest BCUT2D eigenvalue weighted by molar-refractivity contribution is 5.91. The molecule has 3 rings (SSSR count). The molecule has 28 heavy (non-hydrogen) atoms. The predicted molar refractivity (Wildman–Crippen MR) is 92.6 cm³/mol. The van der Waals surface area contributed by atoms with E-state index < -0.39 is 35.6 Å². The molecule has 3 aromatic rings. The van der Waals surface area contributed by atoms with Crippen molar-refractivity contribution < 1.29 is 27.1 Å². The molecule has 0 aliphatic rings. The third kappa shape index (κ3) is 4.25. The molecule has 2 aromatic carbocycles.